The van der Waals surface area contributed by atoms with Gasteiger partial charge in [0.05, 0.1) is 16.9 Å². The van der Waals surface area contributed by atoms with E-state index in [1.807, 2.05) is 6.07 Å². The number of thioether (sulfide) groups is 1. The molecule has 0 saturated heterocycles. The second-order valence-electron chi connectivity index (χ2n) is 5.72. The summed E-state index contributed by atoms with van der Waals surface area (Å²) in [5, 5.41) is 19.1. The zero-order valence-corrected chi connectivity index (χ0v) is 15.8. The fourth-order valence-electron chi connectivity index (χ4n) is 2.27. The minimum atomic E-state index is -2.90. The topological polar surface area (TPSA) is 101 Å². The van der Waals surface area contributed by atoms with Gasteiger partial charge in [-0.25, -0.2) is 0 Å². The lowest BCUT2D eigenvalue weighted by molar-refractivity contribution is -0.115. The summed E-state index contributed by atoms with van der Waals surface area (Å²) in [6.07, 6.45) is 0. The van der Waals surface area contributed by atoms with Gasteiger partial charge in [0.1, 0.15) is 5.75 Å². The number of nitriles is 1. The fraction of sp³-hybridized carbons (Fsp3) is 0.158. The molecule has 0 saturated carbocycles. The average molecular weight is 416 g/mol. The Morgan fingerprint density at radius 1 is 1.24 bits per heavy atom. The zero-order chi connectivity index (χ0) is 20.8. The number of ether oxygens (including phenoxy) is 1. The van der Waals surface area contributed by atoms with E-state index in [1.165, 1.54) is 24.3 Å². The lowest BCUT2D eigenvalue weighted by Gasteiger charge is -2.09. The Morgan fingerprint density at radius 3 is 2.69 bits per heavy atom. The normalized spacial score (nSPS) is 11.7. The third kappa shape index (κ3) is 5.52. The maximum atomic E-state index is 12.3. The van der Waals surface area contributed by atoms with Crippen molar-refractivity contribution in [2.24, 2.45) is 0 Å². The Kier molecular flexibility index (Phi) is 6.41. The lowest BCUT2D eigenvalue weighted by Crippen LogP contribution is -2.22. The number of anilines is 1. The Bertz CT molecular complexity index is 1030. The number of nitrogens with zero attached hydrogens (tertiary/aromatic N) is 3. The molecular formula is C19H14F2N4O3S. The van der Waals surface area contributed by atoms with E-state index < -0.39 is 11.9 Å². The van der Waals surface area contributed by atoms with E-state index >= 15 is 0 Å². The van der Waals surface area contributed by atoms with Gasteiger partial charge in [0.15, 0.2) is 0 Å². The van der Waals surface area contributed by atoms with E-state index in [-0.39, 0.29) is 22.8 Å². The van der Waals surface area contributed by atoms with Crippen molar-refractivity contribution in [3.8, 4) is 23.3 Å². The molecule has 3 rings (SSSR count). The second-order valence-corrected chi connectivity index (χ2v) is 7.01. The van der Waals surface area contributed by atoms with Crippen LogP contribution < -0.4 is 10.1 Å². The van der Waals surface area contributed by atoms with Crippen LogP contribution in [0.1, 0.15) is 12.5 Å². The Hall–Kier alpha value is -3.45. The molecule has 0 aliphatic carbocycles. The molecule has 1 unspecified atom stereocenters. The maximum Gasteiger partial charge on any atom is 0.387 e. The molecule has 1 amide bonds. The predicted octanol–water partition coefficient (Wildman–Crippen LogP) is 4.33. The summed E-state index contributed by atoms with van der Waals surface area (Å²) in [6, 6.07) is 14.3. The van der Waals surface area contributed by atoms with Gasteiger partial charge in [-0.2, -0.15) is 14.0 Å². The molecule has 1 aromatic heterocycles. The summed E-state index contributed by atoms with van der Waals surface area (Å²) in [7, 11) is 0. The van der Waals surface area contributed by atoms with Crippen LogP contribution in [0.3, 0.4) is 0 Å². The van der Waals surface area contributed by atoms with Crippen LogP contribution in [-0.2, 0) is 4.79 Å². The largest absolute Gasteiger partial charge is 0.435 e. The minimum Gasteiger partial charge on any atom is -0.435 e. The van der Waals surface area contributed by atoms with Crippen molar-refractivity contribution in [1.82, 2.24) is 10.2 Å². The molecule has 0 radical (unpaired) electrons. The molecule has 0 bridgehead atoms. The van der Waals surface area contributed by atoms with Crippen LogP contribution in [-0.4, -0.2) is 28.0 Å². The van der Waals surface area contributed by atoms with E-state index in [9.17, 15) is 13.6 Å². The Morgan fingerprint density at radius 2 is 2.00 bits per heavy atom. The van der Waals surface area contributed by atoms with Gasteiger partial charge in [0.25, 0.3) is 5.22 Å². The van der Waals surface area contributed by atoms with Gasteiger partial charge < -0.3 is 14.5 Å². The van der Waals surface area contributed by atoms with Crippen molar-refractivity contribution in [1.29, 1.82) is 5.26 Å². The standard InChI is InChI=1S/C19H14F2N4O3S/c1-11(16(26)23-14-4-2-3-12(9-14)10-22)29-19-25-24-17(28-19)13-5-7-15(8-6-13)27-18(20)21/h2-9,11,18H,1H3,(H,23,26). The number of amides is 1. The van der Waals surface area contributed by atoms with Crippen molar-refractivity contribution in [2.45, 2.75) is 24.0 Å². The van der Waals surface area contributed by atoms with Crippen LogP contribution in [0.2, 0.25) is 0 Å². The number of nitrogens with one attached hydrogen (secondary N) is 1. The van der Waals surface area contributed by atoms with Crippen LogP contribution >= 0.6 is 11.8 Å². The molecular weight excluding hydrogens is 402 g/mol. The van der Waals surface area contributed by atoms with Crippen LogP contribution in [0.15, 0.2) is 58.2 Å². The fourth-order valence-corrected chi connectivity index (χ4v) is 2.95. The number of carbonyl (C=O) groups is 1. The van der Waals surface area contributed by atoms with Crippen LogP contribution in [0.25, 0.3) is 11.5 Å². The first-order chi connectivity index (χ1) is 13.9. The molecule has 3 aromatic rings. The smallest absolute Gasteiger partial charge is 0.387 e. The molecule has 0 fully saturated rings. The van der Waals surface area contributed by atoms with Crippen molar-refractivity contribution >= 4 is 23.4 Å². The monoisotopic (exact) mass is 416 g/mol. The highest BCUT2D eigenvalue weighted by Crippen LogP contribution is 2.28. The van der Waals surface area contributed by atoms with Crippen molar-refractivity contribution in [3.05, 3.63) is 54.1 Å². The van der Waals surface area contributed by atoms with Crippen molar-refractivity contribution < 1.29 is 22.7 Å². The van der Waals surface area contributed by atoms with Crippen molar-refractivity contribution in [2.75, 3.05) is 5.32 Å². The first kappa shape index (κ1) is 20.3. The van der Waals surface area contributed by atoms with E-state index in [2.05, 4.69) is 20.3 Å². The van der Waals surface area contributed by atoms with Gasteiger partial charge in [0, 0.05) is 11.3 Å². The number of hydrogen-bond donors (Lipinski definition) is 1. The van der Waals surface area contributed by atoms with Crippen LogP contribution in [0.4, 0.5) is 14.5 Å². The second kappa shape index (κ2) is 9.16. The highest BCUT2D eigenvalue weighted by molar-refractivity contribution is 8.00. The van der Waals surface area contributed by atoms with E-state index in [1.54, 1.807) is 31.2 Å². The highest BCUT2D eigenvalue weighted by atomic mass is 32.2. The average Bonchev–Trinajstić information content (AvgIpc) is 3.16. The maximum absolute atomic E-state index is 12.3. The number of benzene rings is 2. The Labute approximate surface area is 168 Å². The number of carbonyl (C=O) groups excluding carboxylic acids is 1. The first-order valence-corrected chi connectivity index (χ1v) is 9.19. The van der Waals surface area contributed by atoms with E-state index in [0.717, 1.165) is 11.8 Å². The number of alkyl halides is 2. The molecule has 0 aliphatic heterocycles. The molecule has 1 N–H and O–H groups in total. The Balaban J connectivity index is 1.61. The molecule has 148 valence electrons. The summed E-state index contributed by atoms with van der Waals surface area (Å²) in [6.45, 7) is -1.23. The first-order valence-electron chi connectivity index (χ1n) is 8.31. The highest BCUT2D eigenvalue weighted by Gasteiger charge is 2.19. The summed E-state index contributed by atoms with van der Waals surface area (Å²) in [5.74, 6) is -0.0904. The third-order valence-corrected chi connectivity index (χ3v) is 4.57. The number of halogens is 2. The molecule has 2 aromatic carbocycles. The van der Waals surface area contributed by atoms with Gasteiger partial charge in [-0.15, -0.1) is 10.2 Å². The van der Waals surface area contributed by atoms with Gasteiger partial charge in [-0.05, 0) is 49.4 Å². The van der Waals surface area contributed by atoms with Gasteiger partial charge in [-0.3, -0.25) is 4.79 Å². The molecule has 7 nitrogen and oxygen atoms in total. The van der Waals surface area contributed by atoms with Crippen LogP contribution in [0, 0.1) is 11.3 Å². The van der Waals surface area contributed by atoms with Gasteiger partial charge in [0.2, 0.25) is 11.8 Å². The zero-order valence-electron chi connectivity index (χ0n) is 15.0. The summed E-state index contributed by atoms with van der Waals surface area (Å²) < 4.78 is 34.2. The van der Waals surface area contributed by atoms with Gasteiger partial charge in [-0.1, -0.05) is 17.8 Å². The molecule has 1 heterocycles. The van der Waals surface area contributed by atoms with E-state index in [4.69, 9.17) is 9.68 Å². The van der Waals surface area contributed by atoms with E-state index in [0.29, 0.717) is 16.8 Å². The summed E-state index contributed by atoms with van der Waals surface area (Å²) >= 11 is 1.07. The lowest BCUT2D eigenvalue weighted by atomic mass is 10.2. The molecule has 1 atom stereocenters. The molecule has 0 aliphatic rings. The minimum absolute atomic E-state index is 0.0172. The quantitative estimate of drug-likeness (QED) is 0.572. The predicted molar refractivity (Wildman–Crippen MR) is 101 cm³/mol. The molecule has 10 heteroatoms. The summed E-state index contributed by atoms with van der Waals surface area (Å²) in [4.78, 5) is 12.3. The third-order valence-electron chi connectivity index (χ3n) is 3.64. The number of hydrogen-bond acceptors (Lipinski definition) is 7. The number of aromatic nitrogens is 2. The SMILES string of the molecule is CC(Sc1nnc(-c2ccc(OC(F)F)cc2)o1)C(=O)Nc1cccc(C#N)c1. The van der Waals surface area contributed by atoms with Crippen LogP contribution in [0.5, 0.6) is 5.75 Å². The summed E-state index contributed by atoms with van der Waals surface area (Å²) in [5.41, 5.74) is 1.48. The molecule has 29 heavy (non-hydrogen) atoms. The molecule has 0 spiro atoms. The number of rotatable bonds is 7. The van der Waals surface area contributed by atoms with Gasteiger partial charge >= 0.3 is 6.61 Å². The van der Waals surface area contributed by atoms with Crippen molar-refractivity contribution in [3.63, 3.8) is 0 Å².